The predicted octanol–water partition coefficient (Wildman–Crippen LogP) is 18.5. The van der Waals surface area contributed by atoms with Gasteiger partial charge in [-0.1, -0.05) is 180 Å². The van der Waals surface area contributed by atoms with Crippen molar-refractivity contribution in [3.05, 3.63) is 0 Å². The molecule has 2 saturated heterocycles. The number of ether oxygens (including phenoxy) is 4. The Kier molecular flexibility index (Phi) is 37.6. The average Bonchev–Trinajstić information content (AvgIpc) is 3.37. The van der Waals surface area contributed by atoms with Crippen molar-refractivity contribution in [3.8, 4) is 0 Å². The second kappa shape index (κ2) is 39.3. The summed E-state index contributed by atoms with van der Waals surface area (Å²) >= 11 is 1.53. The van der Waals surface area contributed by atoms with Gasteiger partial charge < -0.3 is 45.5 Å². The third-order valence-corrected chi connectivity index (χ3v) is 21.3. The first kappa shape index (κ1) is 77.4. The van der Waals surface area contributed by atoms with Crippen molar-refractivity contribution in [2.24, 2.45) is 0 Å². The molecule has 0 spiro atoms. The molecule has 2 rings (SSSR count). The zero-order chi connectivity index (χ0) is 60.9. The Labute approximate surface area is 510 Å². The minimum absolute atomic E-state index is 0.0282. The van der Waals surface area contributed by atoms with Gasteiger partial charge in [0.05, 0.1) is 0 Å². The maximum absolute atomic E-state index is 13.7. The highest BCUT2D eigenvalue weighted by molar-refractivity contribution is 8.00. The SMILES string of the molecule is CCCCCCCCCCCCCCCC(=O)OC[C@H]1O[C@H](S[C@H]2O[C@H](COC(=O)CCCCCCCCCCCCCCC)[C@@H](O[Si](C)(C)C)[C@H](O[Si](C)(C)C)[C@H]2O[Si](C)(C)C)[C@H](O[Si](C)(C)C)[C@@H](O[Si](C)(C)C)[C@@H]1O[Si](C)(C)C. The largest absolute Gasteiger partial charge is 0.463 e. The Morgan fingerprint density at radius 1 is 0.309 bits per heavy atom. The minimum atomic E-state index is -2.31. The molecule has 2 aliphatic heterocycles. The summed E-state index contributed by atoms with van der Waals surface area (Å²) in [6.45, 7) is 44.1. The van der Waals surface area contributed by atoms with Gasteiger partial charge in [0.2, 0.25) is 0 Å². The third-order valence-electron chi connectivity index (χ3n) is 14.2. The zero-order valence-electron chi connectivity index (χ0n) is 56.3. The van der Waals surface area contributed by atoms with E-state index in [1.54, 1.807) is 0 Å². The fourth-order valence-electron chi connectivity index (χ4n) is 10.7. The molecule has 0 aromatic carbocycles. The van der Waals surface area contributed by atoms with Crippen LogP contribution in [0.5, 0.6) is 0 Å². The number of esters is 2. The fourth-order valence-corrected chi connectivity index (χ4v) is 18.8. The Hall–Kier alpha value is 0.271. The summed E-state index contributed by atoms with van der Waals surface area (Å²) < 4.78 is 70.5. The van der Waals surface area contributed by atoms with Crippen molar-refractivity contribution in [1.29, 1.82) is 0 Å². The summed E-state index contributed by atoms with van der Waals surface area (Å²) in [7, 11) is -13.7. The van der Waals surface area contributed by atoms with Crippen LogP contribution in [0.3, 0.4) is 0 Å². The van der Waals surface area contributed by atoms with Crippen LogP contribution >= 0.6 is 11.8 Å². The second-order valence-corrected chi connectivity index (χ2v) is 57.7. The first-order valence-electron chi connectivity index (χ1n) is 33.1. The Bertz CT molecular complexity index is 1540. The van der Waals surface area contributed by atoms with E-state index in [0.717, 1.165) is 38.5 Å². The first-order valence-corrected chi connectivity index (χ1v) is 54.4. The average molecular weight is 1270 g/mol. The van der Waals surface area contributed by atoms with E-state index in [0.29, 0.717) is 12.8 Å². The first-order chi connectivity index (χ1) is 37.7. The fraction of sp³-hybridized carbons (Fsp3) is 0.968. The lowest BCUT2D eigenvalue weighted by Gasteiger charge is -2.53. The number of hydrogen-bond donors (Lipinski definition) is 0. The van der Waals surface area contributed by atoms with Gasteiger partial charge in [0.15, 0.2) is 49.9 Å². The van der Waals surface area contributed by atoms with Crippen LogP contribution in [0.2, 0.25) is 118 Å². The van der Waals surface area contributed by atoms with E-state index in [1.807, 2.05) is 0 Å². The molecule has 0 unspecified atom stereocenters. The molecule has 0 amide bonds. The van der Waals surface area contributed by atoms with E-state index >= 15 is 0 Å². The molecule has 0 aromatic heterocycles. The number of carbonyl (C=O) groups excluding carboxylic acids is 2. The smallest absolute Gasteiger partial charge is 0.305 e. The van der Waals surface area contributed by atoms with Crippen molar-refractivity contribution < 1.29 is 55.1 Å². The van der Waals surface area contributed by atoms with Crippen LogP contribution in [0.1, 0.15) is 194 Å². The molecule has 0 aliphatic carbocycles. The summed E-state index contributed by atoms with van der Waals surface area (Å²) in [5.74, 6) is -0.433. The third kappa shape index (κ3) is 37.7. The topological polar surface area (TPSA) is 126 Å². The van der Waals surface area contributed by atoms with Crippen LogP contribution in [0.15, 0.2) is 0 Å². The van der Waals surface area contributed by atoms with Crippen LogP contribution < -0.4 is 0 Å². The predicted molar refractivity (Wildman–Crippen MR) is 357 cm³/mol. The summed E-state index contributed by atoms with van der Waals surface area (Å²) in [5, 5.41) is 0. The Balaban J connectivity index is 2.46. The zero-order valence-corrected chi connectivity index (χ0v) is 63.1. The molecule has 0 N–H and O–H groups in total. The number of carbonyl (C=O) groups is 2. The summed E-state index contributed by atoms with van der Waals surface area (Å²) in [6.07, 6.45) is 28.6. The minimum Gasteiger partial charge on any atom is -0.463 e. The van der Waals surface area contributed by atoms with Crippen LogP contribution in [0, 0.1) is 0 Å². The molecule has 2 aliphatic rings. The van der Waals surface area contributed by atoms with Gasteiger partial charge in [0.25, 0.3) is 0 Å². The van der Waals surface area contributed by atoms with Crippen molar-refractivity contribution >= 4 is 73.6 Å². The van der Waals surface area contributed by atoms with Gasteiger partial charge in [-0.3, -0.25) is 9.59 Å². The standard InChI is InChI=1S/C62H130O12SSi6/c1-21-23-25-27-29-31-33-35-37-39-41-43-45-47-53(63)65-49-51-55(69-76(3,4)5)57(71-78(9,10)11)59(73-80(15,16)17)61(67-51)75-62-60(74-81(18,19)20)58(72-79(12,13)14)56(70-77(6,7)8)52(68-62)50-66-54(64)48-46-44-42-40-38-36-34-32-30-28-26-24-22-2/h51-52,55-62H,21-50H2,1-20H3/t51-,52-,55-,56-,57+,58+,59-,60-,61-,62-/m1/s1. The van der Waals surface area contributed by atoms with Gasteiger partial charge in [-0.15, -0.1) is 0 Å². The van der Waals surface area contributed by atoms with E-state index in [2.05, 4.69) is 132 Å². The van der Waals surface area contributed by atoms with Crippen molar-refractivity contribution in [2.45, 2.75) is 371 Å². The maximum atomic E-state index is 13.7. The van der Waals surface area contributed by atoms with Crippen molar-refractivity contribution in [1.82, 2.24) is 0 Å². The number of thioether (sulfide) groups is 1. The van der Waals surface area contributed by atoms with E-state index in [4.69, 9.17) is 45.5 Å². The highest BCUT2D eigenvalue weighted by atomic mass is 32.2. The molecule has 12 nitrogen and oxygen atoms in total. The summed E-state index contributed by atoms with van der Waals surface area (Å²) in [5.41, 5.74) is -1.30. The van der Waals surface area contributed by atoms with Gasteiger partial charge in [-0.05, 0) is 131 Å². The molecule has 2 fully saturated rings. The maximum Gasteiger partial charge on any atom is 0.305 e. The van der Waals surface area contributed by atoms with Gasteiger partial charge in [-0.25, -0.2) is 0 Å². The quantitative estimate of drug-likeness (QED) is 0.0326. The molecular formula is C62H130O12SSi6. The van der Waals surface area contributed by atoms with Gasteiger partial charge >= 0.3 is 11.9 Å². The van der Waals surface area contributed by atoms with E-state index in [1.165, 1.54) is 140 Å². The highest BCUT2D eigenvalue weighted by Crippen LogP contribution is 2.44. The van der Waals surface area contributed by atoms with Crippen LogP contribution in [-0.2, 0) is 55.1 Å². The van der Waals surface area contributed by atoms with E-state index < -0.39 is 110 Å². The summed E-state index contributed by atoms with van der Waals surface area (Å²) in [4.78, 5) is 27.3. The van der Waals surface area contributed by atoms with Crippen molar-refractivity contribution in [2.75, 3.05) is 13.2 Å². The molecule has 10 atom stereocenters. The molecule has 0 bridgehead atoms. The lowest BCUT2D eigenvalue weighted by atomic mass is 10.00. The highest BCUT2D eigenvalue weighted by Gasteiger charge is 2.57. The second-order valence-electron chi connectivity index (χ2n) is 29.7. The Morgan fingerprint density at radius 2 is 0.519 bits per heavy atom. The van der Waals surface area contributed by atoms with Gasteiger partial charge in [0.1, 0.15) is 72.9 Å². The molecule has 480 valence electrons. The molecule has 81 heavy (non-hydrogen) atoms. The number of hydrogen-bond acceptors (Lipinski definition) is 13. The normalized spacial score (nSPS) is 24.4. The number of unbranched alkanes of at least 4 members (excludes halogenated alkanes) is 24. The molecule has 0 saturated carbocycles. The molecular weight excluding hydrogens is 1140 g/mol. The van der Waals surface area contributed by atoms with E-state index in [9.17, 15) is 9.59 Å². The van der Waals surface area contributed by atoms with Gasteiger partial charge in [-0.2, -0.15) is 0 Å². The van der Waals surface area contributed by atoms with Crippen LogP contribution in [-0.4, -0.2) is 135 Å². The molecule has 19 heteroatoms. The molecule has 0 aromatic rings. The van der Waals surface area contributed by atoms with Crippen LogP contribution in [0.25, 0.3) is 0 Å². The van der Waals surface area contributed by atoms with Crippen LogP contribution in [0.4, 0.5) is 0 Å². The molecule has 2 heterocycles. The Morgan fingerprint density at radius 3 is 0.753 bits per heavy atom. The lowest BCUT2D eigenvalue weighted by Crippen LogP contribution is -2.67. The van der Waals surface area contributed by atoms with E-state index in [-0.39, 0.29) is 25.2 Å². The monoisotopic (exact) mass is 1270 g/mol. The lowest BCUT2D eigenvalue weighted by molar-refractivity contribution is -0.205. The summed E-state index contributed by atoms with van der Waals surface area (Å²) in [6, 6.07) is 0. The number of rotatable bonds is 46. The van der Waals surface area contributed by atoms with Gasteiger partial charge in [0, 0.05) is 12.8 Å². The molecule has 0 radical (unpaired) electrons. The van der Waals surface area contributed by atoms with Crippen molar-refractivity contribution in [3.63, 3.8) is 0 Å².